The first kappa shape index (κ1) is 10.6. The Balaban J connectivity index is 2.09. The van der Waals surface area contributed by atoms with E-state index in [1.807, 2.05) is 0 Å². The van der Waals surface area contributed by atoms with Gasteiger partial charge in [0.05, 0.1) is 6.20 Å². The molecule has 14 heavy (non-hydrogen) atoms. The summed E-state index contributed by atoms with van der Waals surface area (Å²) in [5.41, 5.74) is 0.857. The molecule has 1 heterocycles. The van der Waals surface area contributed by atoms with Crippen molar-refractivity contribution in [2.24, 2.45) is 0 Å². The van der Waals surface area contributed by atoms with Gasteiger partial charge >= 0.3 is 6.03 Å². The van der Waals surface area contributed by atoms with Crippen molar-refractivity contribution in [3.05, 3.63) is 18.0 Å². The van der Waals surface area contributed by atoms with Crippen LogP contribution < -0.4 is 10.6 Å². The molecule has 0 aliphatic heterocycles. The Morgan fingerprint density at radius 3 is 3.07 bits per heavy atom. The van der Waals surface area contributed by atoms with E-state index in [0.29, 0.717) is 13.1 Å². The third kappa shape index (κ3) is 3.93. The summed E-state index contributed by atoms with van der Waals surface area (Å²) in [4.78, 5) is 11.1. The summed E-state index contributed by atoms with van der Waals surface area (Å²) in [6, 6.07) is -0.153. The first-order chi connectivity index (χ1) is 6.83. The van der Waals surface area contributed by atoms with Gasteiger partial charge in [0.2, 0.25) is 0 Å². The van der Waals surface area contributed by atoms with Crippen molar-refractivity contribution in [1.29, 1.82) is 0 Å². The van der Waals surface area contributed by atoms with Gasteiger partial charge in [0, 0.05) is 18.7 Å². The molecule has 0 aliphatic carbocycles. The van der Waals surface area contributed by atoms with Crippen molar-refractivity contribution in [2.75, 3.05) is 6.54 Å². The molecule has 0 aliphatic rings. The maximum absolute atomic E-state index is 11.1. The number of unbranched alkanes of at least 4 members (excludes halogenated alkanes) is 1. The highest BCUT2D eigenvalue weighted by Crippen LogP contribution is 1.94. The lowest BCUT2D eigenvalue weighted by Gasteiger charge is -2.04. The van der Waals surface area contributed by atoms with Gasteiger partial charge in [-0.1, -0.05) is 18.5 Å². The van der Waals surface area contributed by atoms with Crippen molar-refractivity contribution < 1.29 is 9.32 Å². The normalized spacial score (nSPS) is 9.79. The van der Waals surface area contributed by atoms with Gasteiger partial charge in [-0.05, 0) is 6.42 Å². The molecule has 1 rings (SSSR count). The van der Waals surface area contributed by atoms with Gasteiger partial charge in [0.15, 0.2) is 0 Å². The number of urea groups is 1. The maximum Gasteiger partial charge on any atom is 0.315 e. The lowest BCUT2D eigenvalue weighted by atomic mass is 10.3. The van der Waals surface area contributed by atoms with E-state index >= 15 is 0 Å². The quantitative estimate of drug-likeness (QED) is 0.698. The number of nitrogens with zero attached hydrogens (tertiary/aromatic N) is 1. The largest absolute Gasteiger partial charge is 0.364 e. The van der Waals surface area contributed by atoms with Gasteiger partial charge in [-0.3, -0.25) is 0 Å². The number of nitrogens with one attached hydrogen (secondary N) is 2. The minimum absolute atomic E-state index is 0.153. The SMILES string of the molecule is CCCCNC(=O)NCc1cnoc1. The average molecular weight is 197 g/mol. The van der Waals surface area contributed by atoms with Crippen LogP contribution in [0.1, 0.15) is 25.3 Å². The van der Waals surface area contributed by atoms with E-state index in [9.17, 15) is 4.79 Å². The Bertz CT molecular complexity index is 259. The maximum atomic E-state index is 11.1. The number of aromatic nitrogens is 1. The van der Waals surface area contributed by atoms with Crippen molar-refractivity contribution in [2.45, 2.75) is 26.3 Å². The van der Waals surface area contributed by atoms with Crippen LogP contribution in [0.25, 0.3) is 0 Å². The van der Waals surface area contributed by atoms with Crippen LogP contribution in [-0.4, -0.2) is 17.7 Å². The Morgan fingerprint density at radius 1 is 1.57 bits per heavy atom. The smallest absolute Gasteiger partial charge is 0.315 e. The molecule has 0 fully saturated rings. The highest BCUT2D eigenvalue weighted by atomic mass is 16.5. The van der Waals surface area contributed by atoms with Crippen molar-refractivity contribution >= 4 is 6.03 Å². The highest BCUT2D eigenvalue weighted by Gasteiger charge is 2.00. The highest BCUT2D eigenvalue weighted by molar-refractivity contribution is 5.73. The van der Waals surface area contributed by atoms with Gasteiger partial charge < -0.3 is 15.2 Å². The fraction of sp³-hybridized carbons (Fsp3) is 0.556. The Kier molecular flexibility index (Phi) is 4.54. The Labute approximate surface area is 82.8 Å². The predicted molar refractivity (Wildman–Crippen MR) is 51.6 cm³/mol. The summed E-state index contributed by atoms with van der Waals surface area (Å²) in [6.45, 7) is 3.24. The van der Waals surface area contributed by atoms with E-state index in [-0.39, 0.29) is 6.03 Å². The first-order valence-electron chi connectivity index (χ1n) is 4.73. The molecule has 78 valence electrons. The molecular weight excluding hydrogens is 182 g/mol. The number of hydrogen-bond acceptors (Lipinski definition) is 3. The van der Waals surface area contributed by atoms with Crippen LogP contribution in [0.2, 0.25) is 0 Å². The van der Waals surface area contributed by atoms with E-state index in [1.54, 1.807) is 6.20 Å². The van der Waals surface area contributed by atoms with Gasteiger partial charge in [-0.15, -0.1) is 0 Å². The number of carbonyl (C=O) groups is 1. The van der Waals surface area contributed by atoms with Crippen molar-refractivity contribution in [3.63, 3.8) is 0 Å². The monoisotopic (exact) mass is 197 g/mol. The van der Waals surface area contributed by atoms with Gasteiger partial charge in [-0.2, -0.15) is 0 Å². The second-order valence-electron chi connectivity index (χ2n) is 3.00. The molecule has 2 amide bonds. The molecule has 0 bridgehead atoms. The van der Waals surface area contributed by atoms with E-state index in [0.717, 1.165) is 18.4 Å². The van der Waals surface area contributed by atoms with E-state index in [2.05, 4.69) is 27.2 Å². The van der Waals surface area contributed by atoms with E-state index in [1.165, 1.54) is 6.26 Å². The number of rotatable bonds is 5. The third-order valence-corrected chi connectivity index (χ3v) is 1.75. The molecule has 2 N–H and O–H groups in total. The van der Waals surface area contributed by atoms with E-state index < -0.39 is 0 Å². The molecular formula is C9H15N3O2. The zero-order chi connectivity index (χ0) is 10.2. The van der Waals surface area contributed by atoms with Crippen molar-refractivity contribution in [1.82, 2.24) is 15.8 Å². The summed E-state index contributed by atoms with van der Waals surface area (Å²) in [6.07, 6.45) is 5.16. The summed E-state index contributed by atoms with van der Waals surface area (Å²) in [5, 5.41) is 8.97. The molecule has 0 unspecified atom stereocenters. The Morgan fingerprint density at radius 2 is 2.43 bits per heavy atom. The fourth-order valence-electron chi connectivity index (χ4n) is 0.938. The lowest BCUT2D eigenvalue weighted by molar-refractivity contribution is 0.240. The molecule has 0 saturated heterocycles. The molecule has 0 saturated carbocycles. The number of carbonyl (C=O) groups excluding carboxylic acids is 1. The second-order valence-corrected chi connectivity index (χ2v) is 3.00. The minimum atomic E-state index is -0.153. The minimum Gasteiger partial charge on any atom is -0.364 e. The third-order valence-electron chi connectivity index (χ3n) is 1.75. The average Bonchev–Trinajstić information content (AvgIpc) is 2.68. The van der Waals surface area contributed by atoms with Crippen molar-refractivity contribution in [3.8, 4) is 0 Å². The van der Waals surface area contributed by atoms with Gasteiger partial charge in [-0.25, -0.2) is 4.79 Å². The topological polar surface area (TPSA) is 67.2 Å². The molecule has 5 heteroatoms. The zero-order valence-corrected chi connectivity index (χ0v) is 8.25. The molecule has 1 aromatic heterocycles. The molecule has 0 spiro atoms. The molecule has 1 aromatic rings. The first-order valence-corrected chi connectivity index (χ1v) is 4.73. The van der Waals surface area contributed by atoms with E-state index in [4.69, 9.17) is 0 Å². The molecule has 0 radical (unpaired) electrons. The molecule has 0 aromatic carbocycles. The molecule has 0 atom stereocenters. The summed E-state index contributed by atoms with van der Waals surface area (Å²) in [7, 11) is 0. The standard InChI is InChI=1S/C9H15N3O2/c1-2-3-4-10-9(13)11-5-8-6-12-14-7-8/h6-7H,2-5H2,1H3,(H2,10,11,13). The lowest BCUT2D eigenvalue weighted by Crippen LogP contribution is -2.35. The molecule has 5 nitrogen and oxygen atoms in total. The second kappa shape index (κ2) is 6.01. The van der Waals surface area contributed by atoms with Gasteiger partial charge in [0.25, 0.3) is 0 Å². The van der Waals surface area contributed by atoms with Crippen LogP contribution in [-0.2, 0) is 6.54 Å². The summed E-state index contributed by atoms with van der Waals surface area (Å²) < 4.78 is 4.62. The Hall–Kier alpha value is -1.52. The zero-order valence-electron chi connectivity index (χ0n) is 8.25. The fourth-order valence-corrected chi connectivity index (χ4v) is 0.938. The summed E-state index contributed by atoms with van der Waals surface area (Å²) in [5.74, 6) is 0. The number of hydrogen-bond donors (Lipinski definition) is 2. The van der Waals surface area contributed by atoms with Crippen LogP contribution in [0.15, 0.2) is 17.0 Å². The van der Waals surface area contributed by atoms with Crippen LogP contribution in [0.4, 0.5) is 4.79 Å². The predicted octanol–water partition coefficient (Wildman–Crippen LogP) is 1.27. The van der Waals surface area contributed by atoms with Gasteiger partial charge in [0.1, 0.15) is 6.26 Å². The van der Waals surface area contributed by atoms with Crippen LogP contribution in [0.3, 0.4) is 0 Å². The van der Waals surface area contributed by atoms with Crippen LogP contribution >= 0.6 is 0 Å². The number of amides is 2. The summed E-state index contributed by atoms with van der Waals surface area (Å²) >= 11 is 0. The van der Waals surface area contributed by atoms with Crippen LogP contribution in [0, 0.1) is 0 Å². The van der Waals surface area contributed by atoms with Crippen LogP contribution in [0.5, 0.6) is 0 Å².